The van der Waals surface area contributed by atoms with Crippen LogP contribution in [0.4, 0.5) is 17.2 Å². The fourth-order valence-corrected chi connectivity index (χ4v) is 1.49. The van der Waals surface area contributed by atoms with Crippen molar-refractivity contribution in [3.63, 3.8) is 0 Å². The van der Waals surface area contributed by atoms with Crippen LogP contribution in [0.25, 0.3) is 0 Å². The van der Waals surface area contributed by atoms with Gasteiger partial charge < -0.3 is 11.1 Å². The molecule has 17 heavy (non-hydrogen) atoms. The number of nitrogen functional groups attached to an aromatic ring is 1. The Bertz CT molecular complexity index is 567. The first-order valence-electron chi connectivity index (χ1n) is 5.18. The van der Waals surface area contributed by atoms with Crippen LogP contribution in [0.2, 0.25) is 0 Å². The number of nitriles is 1. The summed E-state index contributed by atoms with van der Waals surface area (Å²) in [4.78, 5) is 4.21. The maximum absolute atomic E-state index is 8.70. The minimum Gasteiger partial charge on any atom is -0.397 e. The summed E-state index contributed by atoms with van der Waals surface area (Å²) in [6, 6.07) is 11.1. The highest BCUT2D eigenvalue weighted by molar-refractivity contribution is 5.61. The number of anilines is 3. The summed E-state index contributed by atoms with van der Waals surface area (Å²) in [7, 11) is 0. The Kier molecular flexibility index (Phi) is 2.93. The Morgan fingerprint density at radius 1 is 1.29 bits per heavy atom. The standard InChI is InChI=1S/C13H12N4/c1-9-6-11(15)8-16-13(9)17-12-4-2-10(7-14)3-5-12/h2-6,8H,15H2,1H3,(H,16,17). The summed E-state index contributed by atoms with van der Waals surface area (Å²) < 4.78 is 0. The molecular weight excluding hydrogens is 212 g/mol. The van der Waals surface area contributed by atoms with E-state index < -0.39 is 0 Å². The molecule has 1 heterocycles. The average Bonchev–Trinajstić information content (AvgIpc) is 2.34. The van der Waals surface area contributed by atoms with Crippen molar-refractivity contribution >= 4 is 17.2 Å². The lowest BCUT2D eigenvalue weighted by molar-refractivity contribution is 1.26. The van der Waals surface area contributed by atoms with E-state index in [-0.39, 0.29) is 0 Å². The lowest BCUT2D eigenvalue weighted by Crippen LogP contribution is -1.98. The monoisotopic (exact) mass is 224 g/mol. The molecule has 0 aliphatic carbocycles. The average molecular weight is 224 g/mol. The predicted octanol–water partition coefficient (Wildman–Crippen LogP) is 2.59. The molecular formula is C13H12N4. The molecule has 4 heteroatoms. The molecule has 0 amide bonds. The van der Waals surface area contributed by atoms with E-state index in [1.807, 2.05) is 25.1 Å². The van der Waals surface area contributed by atoms with Crippen LogP contribution in [0.15, 0.2) is 36.5 Å². The molecule has 0 aliphatic heterocycles. The number of rotatable bonds is 2. The molecule has 2 aromatic rings. The molecule has 1 aromatic carbocycles. The number of nitrogens with two attached hydrogens (primary N) is 1. The van der Waals surface area contributed by atoms with E-state index in [0.29, 0.717) is 11.3 Å². The summed E-state index contributed by atoms with van der Waals surface area (Å²) in [5, 5.41) is 11.9. The van der Waals surface area contributed by atoms with Crippen molar-refractivity contribution in [3.05, 3.63) is 47.7 Å². The smallest absolute Gasteiger partial charge is 0.133 e. The maximum Gasteiger partial charge on any atom is 0.133 e. The molecule has 3 N–H and O–H groups in total. The zero-order valence-electron chi connectivity index (χ0n) is 9.44. The molecule has 0 atom stereocenters. The highest BCUT2D eigenvalue weighted by Gasteiger charge is 2.01. The zero-order chi connectivity index (χ0) is 12.3. The number of pyridine rings is 1. The second-order valence-electron chi connectivity index (χ2n) is 3.75. The van der Waals surface area contributed by atoms with E-state index in [9.17, 15) is 0 Å². The number of nitrogens with one attached hydrogen (secondary N) is 1. The zero-order valence-corrected chi connectivity index (χ0v) is 9.44. The highest BCUT2D eigenvalue weighted by Crippen LogP contribution is 2.19. The first-order chi connectivity index (χ1) is 8.19. The predicted molar refractivity (Wildman–Crippen MR) is 67.8 cm³/mol. The van der Waals surface area contributed by atoms with E-state index in [0.717, 1.165) is 17.1 Å². The van der Waals surface area contributed by atoms with Gasteiger partial charge in [0.25, 0.3) is 0 Å². The molecule has 1 aromatic heterocycles. The van der Waals surface area contributed by atoms with Gasteiger partial charge in [0.1, 0.15) is 5.82 Å². The van der Waals surface area contributed by atoms with Crippen molar-refractivity contribution in [3.8, 4) is 6.07 Å². The summed E-state index contributed by atoms with van der Waals surface area (Å²) in [5.41, 5.74) is 8.79. The van der Waals surface area contributed by atoms with Crippen LogP contribution in [0.1, 0.15) is 11.1 Å². The molecule has 0 spiro atoms. The van der Waals surface area contributed by atoms with Gasteiger partial charge >= 0.3 is 0 Å². The van der Waals surface area contributed by atoms with Gasteiger partial charge in [-0.2, -0.15) is 5.26 Å². The van der Waals surface area contributed by atoms with E-state index in [1.54, 1.807) is 18.3 Å². The van der Waals surface area contributed by atoms with Gasteiger partial charge in [0, 0.05) is 5.69 Å². The second-order valence-corrected chi connectivity index (χ2v) is 3.75. The van der Waals surface area contributed by atoms with Gasteiger partial charge in [-0.25, -0.2) is 4.98 Å². The van der Waals surface area contributed by atoms with Crippen LogP contribution in [-0.4, -0.2) is 4.98 Å². The van der Waals surface area contributed by atoms with Gasteiger partial charge in [-0.1, -0.05) is 0 Å². The number of aromatic nitrogens is 1. The molecule has 0 radical (unpaired) electrons. The number of hydrogen-bond donors (Lipinski definition) is 2. The molecule has 2 rings (SSSR count). The quantitative estimate of drug-likeness (QED) is 0.822. The highest BCUT2D eigenvalue weighted by atomic mass is 15.0. The largest absolute Gasteiger partial charge is 0.397 e. The van der Waals surface area contributed by atoms with E-state index in [1.165, 1.54) is 0 Å². The number of benzene rings is 1. The van der Waals surface area contributed by atoms with Crippen molar-refractivity contribution in [2.24, 2.45) is 0 Å². The summed E-state index contributed by atoms with van der Waals surface area (Å²) in [6.45, 7) is 1.94. The normalized spacial score (nSPS) is 9.65. The van der Waals surface area contributed by atoms with Gasteiger partial charge in [-0.15, -0.1) is 0 Å². The van der Waals surface area contributed by atoms with Gasteiger partial charge in [0.2, 0.25) is 0 Å². The Hall–Kier alpha value is -2.54. The van der Waals surface area contributed by atoms with Crippen LogP contribution in [0.3, 0.4) is 0 Å². The number of nitrogens with zero attached hydrogens (tertiary/aromatic N) is 2. The van der Waals surface area contributed by atoms with Crippen molar-refractivity contribution in [1.29, 1.82) is 5.26 Å². The topological polar surface area (TPSA) is 74.7 Å². The SMILES string of the molecule is Cc1cc(N)cnc1Nc1ccc(C#N)cc1. The van der Waals surface area contributed by atoms with Gasteiger partial charge in [0.15, 0.2) is 0 Å². The van der Waals surface area contributed by atoms with Crippen molar-refractivity contribution in [2.45, 2.75) is 6.92 Å². The molecule has 0 fully saturated rings. The third kappa shape index (κ3) is 2.52. The second kappa shape index (κ2) is 4.54. The van der Waals surface area contributed by atoms with Crippen LogP contribution in [0.5, 0.6) is 0 Å². The third-order valence-electron chi connectivity index (χ3n) is 2.38. The van der Waals surface area contributed by atoms with Crippen LogP contribution >= 0.6 is 0 Å². The van der Waals surface area contributed by atoms with Crippen molar-refractivity contribution in [2.75, 3.05) is 11.1 Å². The summed E-state index contributed by atoms with van der Waals surface area (Å²) >= 11 is 0. The van der Waals surface area contributed by atoms with E-state index in [2.05, 4.69) is 16.4 Å². The fourth-order valence-electron chi connectivity index (χ4n) is 1.49. The minimum atomic E-state index is 0.637. The molecule has 0 saturated heterocycles. The fraction of sp³-hybridized carbons (Fsp3) is 0.0769. The molecule has 0 aliphatic rings. The number of aryl methyl sites for hydroxylation is 1. The Morgan fingerprint density at radius 2 is 2.00 bits per heavy atom. The molecule has 4 nitrogen and oxygen atoms in total. The first-order valence-corrected chi connectivity index (χ1v) is 5.18. The molecule has 0 bridgehead atoms. The Morgan fingerprint density at radius 3 is 2.59 bits per heavy atom. The maximum atomic E-state index is 8.70. The van der Waals surface area contributed by atoms with Gasteiger partial charge in [-0.3, -0.25) is 0 Å². The molecule has 0 saturated carbocycles. The lowest BCUT2D eigenvalue weighted by Gasteiger charge is -2.08. The summed E-state index contributed by atoms with van der Waals surface area (Å²) in [6.07, 6.45) is 1.61. The van der Waals surface area contributed by atoms with E-state index >= 15 is 0 Å². The third-order valence-corrected chi connectivity index (χ3v) is 2.38. The minimum absolute atomic E-state index is 0.637. The Labute approximate surface area is 99.7 Å². The van der Waals surface area contributed by atoms with Crippen molar-refractivity contribution < 1.29 is 0 Å². The molecule has 0 unspecified atom stereocenters. The first kappa shape index (κ1) is 11.0. The van der Waals surface area contributed by atoms with Crippen LogP contribution in [-0.2, 0) is 0 Å². The van der Waals surface area contributed by atoms with Crippen molar-refractivity contribution in [1.82, 2.24) is 4.98 Å². The van der Waals surface area contributed by atoms with Gasteiger partial charge in [-0.05, 0) is 42.8 Å². The van der Waals surface area contributed by atoms with Crippen LogP contribution < -0.4 is 11.1 Å². The number of hydrogen-bond acceptors (Lipinski definition) is 4. The Balaban J connectivity index is 2.23. The van der Waals surface area contributed by atoms with Gasteiger partial charge in [0.05, 0.1) is 23.5 Å². The van der Waals surface area contributed by atoms with E-state index in [4.69, 9.17) is 11.0 Å². The van der Waals surface area contributed by atoms with Crippen LogP contribution in [0, 0.1) is 18.3 Å². The lowest BCUT2D eigenvalue weighted by atomic mass is 10.2. The molecule has 84 valence electrons. The summed E-state index contributed by atoms with van der Waals surface area (Å²) in [5.74, 6) is 0.768.